The lowest BCUT2D eigenvalue weighted by Crippen LogP contribution is -2.26. The Balaban J connectivity index is 1.64. The molecule has 1 nitrogen and oxygen atoms in total. The van der Waals surface area contributed by atoms with Gasteiger partial charge in [-0.1, -0.05) is 0 Å². The quantitative estimate of drug-likeness (QED) is 0.810. The lowest BCUT2D eigenvalue weighted by molar-refractivity contribution is 0.346. The molecule has 0 unspecified atom stereocenters. The van der Waals surface area contributed by atoms with E-state index in [1.165, 1.54) is 34.3 Å². The van der Waals surface area contributed by atoms with Gasteiger partial charge in [-0.15, -0.1) is 22.9 Å². The molecule has 0 saturated heterocycles. The van der Waals surface area contributed by atoms with E-state index in [0.29, 0.717) is 5.38 Å². The van der Waals surface area contributed by atoms with Crippen LogP contribution in [0, 0.1) is 5.92 Å². The molecule has 2 rings (SSSR count). The fourth-order valence-electron chi connectivity index (χ4n) is 2.17. The van der Waals surface area contributed by atoms with E-state index in [9.17, 15) is 0 Å². The first kappa shape index (κ1) is 12.9. The molecule has 1 heterocycles. The molecule has 1 fully saturated rings. The normalized spacial score (nSPS) is 25.9. The van der Waals surface area contributed by atoms with Crippen molar-refractivity contribution in [1.29, 1.82) is 0 Å². The Hall–Kier alpha value is 0.430. The largest absolute Gasteiger partial charge is 0.312 e. The Kier molecular flexibility index (Phi) is 5.14. The van der Waals surface area contributed by atoms with Crippen molar-refractivity contribution in [3.63, 3.8) is 0 Å². The van der Waals surface area contributed by atoms with Gasteiger partial charge in [0.15, 0.2) is 0 Å². The van der Waals surface area contributed by atoms with Gasteiger partial charge in [-0.25, -0.2) is 0 Å². The summed E-state index contributed by atoms with van der Waals surface area (Å²) in [7, 11) is 0. The maximum Gasteiger partial charge on any atom is 0.0701 e. The highest BCUT2D eigenvalue weighted by atomic mass is 79.9. The SMILES string of the molecule is ClC1CCC(CNCc2ccc(Br)s2)CC1. The summed E-state index contributed by atoms with van der Waals surface area (Å²) in [5.74, 6) is 0.832. The maximum atomic E-state index is 6.09. The molecule has 1 N–H and O–H groups in total. The number of halogens is 2. The van der Waals surface area contributed by atoms with E-state index in [2.05, 4.69) is 33.4 Å². The van der Waals surface area contributed by atoms with Crippen LogP contribution >= 0.6 is 38.9 Å². The van der Waals surface area contributed by atoms with Crippen LogP contribution in [0.1, 0.15) is 30.6 Å². The number of hydrogen-bond donors (Lipinski definition) is 1. The molecule has 0 aromatic carbocycles. The number of thiophene rings is 1. The first-order valence-electron chi connectivity index (χ1n) is 5.83. The number of hydrogen-bond acceptors (Lipinski definition) is 2. The third-order valence-electron chi connectivity index (χ3n) is 3.14. The Morgan fingerprint density at radius 1 is 1.31 bits per heavy atom. The molecule has 0 amide bonds. The Labute approximate surface area is 115 Å². The van der Waals surface area contributed by atoms with Crippen molar-refractivity contribution in [2.45, 2.75) is 37.6 Å². The molecule has 0 radical (unpaired) electrons. The summed E-state index contributed by atoms with van der Waals surface area (Å²) in [5, 5.41) is 3.98. The first-order chi connectivity index (χ1) is 7.74. The van der Waals surface area contributed by atoms with Gasteiger partial charge in [0.1, 0.15) is 0 Å². The Bertz CT molecular complexity index is 321. The lowest BCUT2D eigenvalue weighted by Gasteiger charge is -2.25. The van der Waals surface area contributed by atoms with Crippen molar-refractivity contribution in [2.75, 3.05) is 6.54 Å². The maximum absolute atomic E-state index is 6.09. The van der Waals surface area contributed by atoms with Crippen molar-refractivity contribution in [2.24, 2.45) is 5.92 Å². The highest BCUT2D eigenvalue weighted by molar-refractivity contribution is 9.11. The van der Waals surface area contributed by atoms with Gasteiger partial charge in [-0.05, 0) is 66.2 Å². The van der Waals surface area contributed by atoms with Gasteiger partial charge in [0.2, 0.25) is 0 Å². The van der Waals surface area contributed by atoms with E-state index in [0.717, 1.165) is 19.0 Å². The van der Waals surface area contributed by atoms with Gasteiger partial charge < -0.3 is 5.32 Å². The summed E-state index contributed by atoms with van der Waals surface area (Å²) in [6.45, 7) is 2.14. The van der Waals surface area contributed by atoms with Crippen molar-refractivity contribution < 1.29 is 0 Å². The molecule has 0 aliphatic heterocycles. The highest BCUT2D eigenvalue weighted by Gasteiger charge is 2.18. The van der Waals surface area contributed by atoms with Crippen LogP contribution in [0.3, 0.4) is 0 Å². The molecule has 1 saturated carbocycles. The molecule has 0 atom stereocenters. The third kappa shape index (κ3) is 4.02. The third-order valence-corrected chi connectivity index (χ3v) is 5.20. The predicted octanol–water partition coefficient (Wildman–Crippen LogP) is 4.40. The molecule has 1 aliphatic rings. The summed E-state index contributed by atoms with van der Waals surface area (Å²) in [5.41, 5.74) is 0. The summed E-state index contributed by atoms with van der Waals surface area (Å²) >= 11 is 11.4. The zero-order chi connectivity index (χ0) is 11.4. The van der Waals surface area contributed by atoms with Crippen molar-refractivity contribution >= 4 is 38.9 Å². The second kappa shape index (κ2) is 6.39. The van der Waals surface area contributed by atoms with Crippen LogP contribution in [0.4, 0.5) is 0 Å². The lowest BCUT2D eigenvalue weighted by atomic mass is 9.89. The van der Waals surface area contributed by atoms with E-state index < -0.39 is 0 Å². The molecule has 16 heavy (non-hydrogen) atoms. The van der Waals surface area contributed by atoms with E-state index >= 15 is 0 Å². The molecule has 1 aromatic rings. The standard InChI is InChI=1S/C12H17BrClNS/c13-12-6-5-11(16-12)8-15-7-9-1-3-10(14)4-2-9/h5-6,9-10,15H,1-4,7-8H2. The van der Waals surface area contributed by atoms with Crippen molar-refractivity contribution in [3.05, 3.63) is 20.8 Å². The van der Waals surface area contributed by atoms with Crippen molar-refractivity contribution in [3.8, 4) is 0 Å². The van der Waals surface area contributed by atoms with Gasteiger partial charge in [-0.3, -0.25) is 0 Å². The van der Waals surface area contributed by atoms with Crippen LogP contribution in [0.5, 0.6) is 0 Å². The number of nitrogens with one attached hydrogen (secondary N) is 1. The highest BCUT2D eigenvalue weighted by Crippen LogP contribution is 2.27. The van der Waals surface area contributed by atoms with E-state index in [1.807, 2.05) is 11.3 Å². The first-order valence-corrected chi connectivity index (χ1v) is 7.87. The fraction of sp³-hybridized carbons (Fsp3) is 0.667. The molecule has 4 heteroatoms. The predicted molar refractivity (Wildman–Crippen MR) is 75.3 cm³/mol. The molecule has 90 valence electrons. The summed E-state index contributed by atoms with van der Waals surface area (Å²) in [4.78, 5) is 1.40. The molecule has 0 bridgehead atoms. The zero-order valence-corrected chi connectivity index (χ0v) is 12.4. The van der Waals surface area contributed by atoms with E-state index in [4.69, 9.17) is 11.6 Å². The monoisotopic (exact) mass is 321 g/mol. The summed E-state index contributed by atoms with van der Waals surface area (Å²) < 4.78 is 1.21. The van der Waals surface area contributed by atoms with Crippen molar-refractivity contribution in [1.82, 2.24) is 5.32 Å². The smallest absolute Gasteiger partial charge is 0.0701 e. The van der Waals surface area contributed by atoms with Crippen LogP contribution in [-0.4, -0.2) is 11.9 Å². The summed E-state index contributed by atoms with van der Waals surface area (Å²) in [6, 6.07) is 4.29. The topological polar surface area (TPSA) is 12.0 Å². The van der Waals surface area contributed by atoms with E-state index in [1.54, 1.807) is 0 Å². The molecule has 1 aromatic heterocycles. The minimum atomic E-state index is 0.435. The minimum absolute atomic E-state index is 0.435. The minimum Gasteiger partial charge on any atom is -0.312 e. The average molecular weight is 323 g/mol. The van der Waals surface area contributed by atoms with Gasteiger partial charge in [0, 0.05) is 16.8 Å². The summed E-state index contributed by atoms with van der Waals surface area (Å²) in [6.07, 6.45) is 4.96. The molecule has 0 spiro atoms. The van der Waals surface area contributed by atoms with Gasteiger partial charge in [0.05, 0.1) is 3.79 Å². The van der Waals surface area contributed by atoms with Gasteiger partial charge >= 0.3 is 0 Å². The second-order valence-corrected chi connectivity index (χ2v) is 7.62. The molecular formula is C12H17BrClNS. The van der Waals surface area contributed by atoms with Gasteiger partial charge in [-0.2, -0.15) is 0 Å². The Morgan fingerprint density at radius 2 is 2.06 bits per heavy atom. The van der Waals surface area contributed by atoms with Crippen LogP contribution in [0.15, 0.2) is 15.9 Å². The van der Waals surface area contributed by atoms with Crippen LogP contribution in [0.25, 0.3) is 0 Å². The Morgan fingerprint density at radius 3 is 2.69 bits per heavy atom. The molecule has 1 aliphatic carbocycles. The van der Waals surface area contributed by atoms with Crippen LogP contribution in [-0.2, 0) is 6.54 Å². The fourth-order valence-corrected chi connectivity index (χ4v) is 3.88. The second-order valence-electron chi connectivity index (χ2n) is 4.45. The number of rotatable bonds is 4. The van der Waals surface area contributed by atoms with Crippen LogP contribution < -0.4 is 5.32 Å². The van der Waals surface area contributed by atoms with Crippen LogP contribution in [0.2, 0.25) is 0 Å². The van der Waals surface area contributed by atoms with Gasteiger partial charge in [0.25, 0.3) is 0 Å². The average Bonchev–Trinajstić information content (AvgIpc) is 2.67. The van der Waals surface area contributed by atoms with E-state index in [-0.39, 0.29) is 0 Å². The zero-order valence-electron chi connectivity index (χ0n) is 9.22. The molecular weight excluding hydrogens is 306 g/mol. The number of alkyl halides is 1.